The van der Waals surface area contributed by atoms with E-state index in [1.54, 1.807) is 16.4 Å². The van der Waals surface area contributed by atoms with Crippen LogP contribution in [0.2, 0.25) is 0 Å². The van der Waals surface area contributed by atoms with Crippen LogP contribution >= 0.6 is 0 Å². The molecule has 34 heavy (non-hydrogen) atoms. The molecule has 0 amide bonds. The SMILES string of the molecule is CC(C)=CCC/C(C)=C/CN(CCNC1C2CC3CC(C2)CC1C3)S(=O)(=O)c1ccc(C)cc1. The van der Waals surface area contributed by atoms with Gasteiger partial charge in [-0.1, -0.05) is 41.0 Å². The van der Waals surface area contributed by atoms with Crippen molar-refractivity contribution >= 4 is 10.0 Å². The number of hydrogen-bond donors (Lipinski definition) is 1. The first kappa shape index (κ1) is 25.7. The molecule has 0 aliphatic heterocycles. The van der Waals surface area contributed by atoms with E-state index >= 15 is 0 Å². The summed E-state index contributed by atoms with van der Waals surface area (Å²) >= 11 is 0. The highest BCUT2D eigenvalue weighted by atomic mass is 32.2. The van der Waals surface area contributed by atoms with Gasteiger partial charge in [-0.05, 0) is 108 Å². The van der Waals surface area contributed by atoms with Crippen LogP contribution in [0.15, 0.2) is 52.5 Å². The summed E-state index contributed by atoms with van der Waals surface area (Å²) < 4.78 is 28.8. The lowest BCUT2D eigenvalue weighted by atomic mass is 9.54. The fraction of sp³-hybridized carbons (Fsp3) is 0.655. The number of nitrogens with one attached hydrogen (secondary N) is 1. The molecule has 1 aromatic rings. The van der Waals surface area contributed by atoms with Crippen molar-refractivity contribution in [3.8, 4) is 0 Å². The van der Waals surface area contributed by atoms with E-state index in [0.29, 0.717) is 24.0 Å². The lowest BCUT2D eigenvalue weighted by Crippen LogP contribution is -2.55. The summed E-state index contributed by atoms with van der Waals surface area (Å²) in [5.74, 6) is 3.52. The molecule has 4 fully saturated rings. The molecule has 1 N–H and O–H groups in total. The van der Waals surface area contributed by atoms with Gasteiger partial charge in [-0.15, -0.1) is 0 Å². The number of hydrogen-bond acceptors (Lipinski definition) is 3. The lowest BCUT2D eigenvalue weighted by Gasteiger charge is -2.54. The molecule has 0 atom stereocenters. The maximum Gasteiger partial charge on any atom is 0.243 e. The van der Waals surface area contributed by atoms with Crippen LogP contribution in [-0.4, -0.2) is 38.4 Å². The first-order valence-electron chi connectivity index (χ1n) is 13.3. The molecule has 0 saturated heterocycles. The first-order chi connectivity index (χ1) is 16.2. The van der Waals surface area contributed by atoms with Crippen molar-refractivity contribution in [3.63, 3.8) is 0 Å². The molecule has 0 heterocycles. The van der Waals surface area contributed by atoms with Crippen molar-refractivity contribution in [2.45, 2.75) is 83.6 Å². The van der Waals surface area contributed by atoms with E-state index in [1.165, 1.54) is 43.3 Å². The molecule has 1 aromatic carbocycles. The summed E-state index contributed by atoms with van der Waals surface area (Å²) in [5.41, 5.74) is 3.65. The molecule has 5 rings (SSSR count). The van der Waals surface area contributed by atoms with Crippen LogP contribution in [0, 0.1) is 30.6 Å². The van der Waals surface area contributed by atoms with Crippen molar-refractivity contribution in [2.24, 2.45) is 23.7 Å². The Kier molecular flexibility index (Phi) is 8.37. The average Bonchev–Trinajstić information content (AvgIpc) is 2.77. The average molecular weight is 485 g/mol. The van der Waals surface area contributed by atoms with Gasteiger partial charge in [0.05, 0.1) is 4.90 Å². The Hall–Kier alpha value is -1.43. The van der Waals surface area contributed by atoms with Crippen molar-refractivity contribution in [1.82, 2.24) is 9.62 Å². The van der Waals surface area contributed by atoms with Crippen LogP contribution in [0.5, 0.6) is 0 Å². The van der Waals surface area contributed by atoms with E-state index < -0.39 is 10.0 Å². The topological polar surface area (TPSA) is 49.4 Å². The Labute approximate surface area is 207 Å². The molecule has 4 aliphatic rings. The minimum Gasteiger partial charge on any atom is -0.312 e. The predicted octanol–water partition coefficient (Wildman–Crippen LogP) is 6.09. The van der Waals surface area contributed by atoms with Gasteiger partial charge in [0.25, 0.3) is 0 Å². The Morgan fingerprint density at radius 1 is 0.971 bits per heavy atom. The van der Waals surface area contributed by atoms with E-state index in [2.05, 4.69) is 38.2 Å². The Bertz CT molecular complexity index is 961. The number of rotatable bonds is 11. The zero-order valence-electron chi connectivity index (χ0n) is 21.6. The molecule has 0 unspecified atom stereocenters. The number of nitrogens with zero attached hydrogens (tertiary/aromatic N) is 1. The van der Waals surface area contributed by atoms with Crippen molar-refractivity contribution in [2.75, 3.05) is 19.6 Å². The van der Waals surface area contributed by atoms with Gasteiger partial charge < -0.3 is 5.32 Å². The summed E-state index contributed by atoms with van der Waals surface area (Å²) in [7, 11) is -3.53. The number of allylic oxidation sites excluding steroid dienone is 3. The van der Waals surface area contributed by atoms with E-state index in [-0.39, 0.29) is 0 Å². The summed E-state index contributed by atoms with van der Waals surface area (Å²) in [6.07, 6.45) is 13.3. The van der Waals surface area contributed by atoms with Crippen LogP contribution < -0.4 is 5.32 Å². The zero-order valence-corrected chi connectivity index (χ0v) is 22.4. The summed E-state index contributed by atoms with van der Waals surface area (Å²) in [6.45, 7) is 10.0. The Morgan fingerprint density at radius 3 is 2.18 bits per heavy atom. The van der Waals surface area contributed by atoms with E-state index in [4.69, 9.17) is 0 Å². The van der Waals surface area contributed by atoms with Gasteiger partial charge in [0.1, 0.15) is 0 Å². The number of aryl methyl sites for hydroxylation is 1. The molecule has 4 saturated carbocycles. The molecule has 0 spiro atoms. The molecule has 0 radical (unpaired) electrons. The second kappa shape index (κ2) is 11.1. The minimum absolute atomic E-state index is 0.392. The minimum atomic E-state index is -3.53. The van der Waals surface area contributed by atoms with Gasteiger partial charge in [-0.2, -0.15) is 4.31 Å². The van der Waals surface area contributed by atoms with Gasteiger partial charge in [0.15, 0.2) is 0 Å². The first-order valence-corrected chi connectivity index (χ1v) is 14.8. The van der Waals surface area contributed by atoms with Crippen LogP contribution in [-0.2, 0) is 10.0 Å². The maximum absolute atomic E-state index is 13.5. The summed E-state index contributed by atoms with van der Waals surface area (Å²) in [5, 5.41) is 3.83. The standard InChI is InChI=1S/C29H44N2O2S/c1-21(2)6-5-7-22(3)12-14-31(34(32,33)28-10-8-23(4)9-11-28)15-13-30-29-26-17-24-16-25(19-26)20-27(29)18-24/h6,8-12,24-27,29-30H,5,7,13-20H2,1-4H3/b22-12+. The van der Waals surface area contributed by atoms with Gasteiger partial charge in [-0.25, -0.2) is 8.42 Å². The quantitative estimate of drug-likeness (QED) is 0.387. The van der Waals surface area contributed by atoms with Crippen molar-refractivity contribution < 1.29 is 8.42 Å². The number of sulfonamides is 1. The van der Waals surface area contributed by atoms with Gasteiger partial charge in [0, 0.05) is 25.7 Å². The fourth-order valence-corrected chi connectivity index (χ4v) is 8.11. The van der Waals surface area contributed by atoms with Gasteiger partial charge in [0.2, 0.25) is 10.0 Å². The van der Waals surface area contributed by atoms with Crippen LogP contribution in [0.4, 0.5) is 0 Å². The second-order valence-electron chi connectivity index (χ2n) is 11.5. The van der Waals surface area contributed by atoms with Crippen molar-refractivity contribution in [3.05, 3.63) is 53.1 Å². The monoisotopic (exact) mass is 484 g/mol. The molecular weight excluding hydrogens is 440 g/mol. The molecule has 188 valence electrons. The highest BCUT2D eigenvalue weighted by Crippen LogP contribution is 2.53. The van der Waals surface area contributed by atoms with E-state index in [0.717, 1.165) is 48.6 Å². The van der Waals surface area contributed by atoms with Crippen molar-refractivity contribution in [1.29, 1.82) is 0 Å². The summed E-state index contributed by atoms with van der Waals surface area (Å²) in [4.78, 5) is 0.392. The molecule has 0 aromatic heterocycles. The normalized spacial score (nSPS) is 28.5. The van der Waals surface area contributed by atoms with E-state index in [9.17, 15) is 8.42 Å². The van der Waals surface area contributed by atoms with Crippen LogP contribution in [0.3, 0.4) is 0 Å². The van der Waals surface area contributed by atoms with E-state index in [1.807, 2.05) is 19.1 Å². The lowest BCUT2D eigenvalue weighted by molar-refractivity contribution is -0.0136. The Balaban J connectivity index is 1.41. The number of benzene rings is 1. The molecule has 4 bridgehead atoms. The zero-order chi connectivity index (χ0) is 24.3. The van der Waals surface area contributed by atoms with Gasteiger partial charge in [-0.3, -0.25) is 0 Å². The summed E-state index contributed by atoms with van der Waals surface area (Å²) in [6, 6.07) is 7.84. The Morgan fingerprint density at radius 2 is 1.59 bits per heavy atom. The smallest absolute Gasteiger partial charge is 0.243 e. The molecule has 5 heteroatoms. The molecule has 4 nitrogen and oxygen atoms in total. The third-order valence-corrected chi connectivity index (χ3v) is 10.2. The highest BCUT2D eigenvalue weighted by Gasteiger charge is 2.47. The molecule has 4 aliphatic carbocycles. The highest BCUT2D eigenvalue weighted by molar-refractivity contribution is 7.89. The molecular formula is C29H44N2O2S. The van der Waals surface area contributed by atoms with Crippen LogP contribution in [0.25, 0.3) is 0 Å². The largest absolute Gasteiger partial charge is 0.312 e. The predicted molar refractivity (Wildman–Crippen MR) is 141 cm³/mol. The third-order valence-electron chi connectivity index (χ3n) is 8.36. The second-order valence-corrected chi connectivity index (χ2v) is 13.4. The fourth-order valence-electron chi connectivity index (χ4n) is 6.73. The van der Waals surface area contributed by atoms with Gasteiger partial charge >= 0.3 is 0 Å². The maximum atomic E-state index is 13.5. The van der Waals surface area contributed by atoms with Crippen LogP contribution in [0.1, 0.15) is 71.3 Å². The third kappa shape index (κ3) is 6.22.